The molecule has 0 saturated carbocycles. The van der Waals surface area contributed by atoms with Crippen LogP contribution in [0.5, 0.6) is 0 Å². The Morgan fingerprint density at radius 2 is 2.33 bits per heavy atom. The summed E-state index contributed by atoms with van der Waals surface area (Å²) in [5.74, 6) is 0. The molecule has 0 aromatic heterocycles. The molecule has 0 fully saturated rings. The molecule has 1 rings (SSSR count). The van der Waals surface area contributed by atoms with Gasteiger partial charge in [-0.2, -0.15) is 0 Å². The highest BCUT2D eigenvalue weighted by atomic mass is 35.5. The maximum Gasteiger partial charge on any atom is 0.0957 e. The van der Waals surface area contributed by atoms with Gasteiger partial charge in [-0.15, -0.1) is 23.2 Å². The SMILES string of the molecule is ClC(Cl)[SiH2]C1=CCC=C1. The van der Waals surface area contributed by atoms with Gasteiger partial charge >= 0.3 is 0 Å². The minimum Gasteiger partial charge on any atom is -0.110 e. The number of allylic oxidation sites excluding steroid dienone is 4. The lowest BCUT2D eigenvalue weighted by Gasteiger charge is -1.96. The standard InChI is InChI=1S/C6H8Cl2Si/c7-6(8)9-5-3-1-2-4-5/h1,3-4,6H,2,9H2. The highest BCUT2D eigenvalue weighted by molar-refractivity contribution is 6.72. The average Bonchev–Trinajstić information content (AvgIpc) is 2.15. The third-order valence-corrected chi connectivity index (χ3v) is 3.47. The first-order valence-electron chi connectivity index (χ1n) is 2.93. The zero-order valence-electron chi connectivity index (χ0n) is 4.98. The smallest absolute Gasteiger partial charge is 0.0957 e. The van der Waals surface area contributed by atoms with Crippen molar-refractivity contribution in [2.45, 2.75) is 10.9 Å². The molecule has 0 heterocycles. The highest BCUT2D eigenvalue weighted by Crippen LogP contribution is 2.11. The topological polar surface area (TPSA) is 0 Å². The Bertz CT molecular complexity index is 149. The maximum atomic E-state index is 5.61. The molecule has 0 bridgehead atoms. The van der Waals surface area contributed by atoms with Gasteiger partial charge in [-0.25, -0.2) is 0 Å². The van der Waals surface area contributed by atoms with Crippen LogP contribution in [-0.4, -0.2) is 14.0 Å². The fourth-order valence-corrected chi connectivity index (χ4v) is 2.90. The van der Waals surface area contributed by atoms with Gasteiger partial charge in [0.05, 0.1) is 14.0 Å². The van der Waals surface area contributed by atoms with Crippen LogP contribution in [-0.2, 0) is 0 Å². The summed E-state index contributed by atoms with van der Waals surface area (Å²) >= 11 is 11.2. The van der Waals surface area contributed by atoms with E-state index < -0.39 is 0 Å². The highest BCUT2D eigenvalue weighted by Gasteiger charge is 2.03. The second-order valence-electron chi connectivity index (χ2n) is 2.01. The van der Waals surface area contributed by atoms with E-state index >= 15 is 0 Å². The third-order valence-electron chi connectivity index (χ3n) is 1.24. The van der Waals surface area contributed by atoms with Crippen LogP contribution < -0.4 is 0 Å². The predicted octanol–water partition coefficient (Wildman–Crippen LogP) is 1.76. The summed E-state index contributed by atoms with van der Waals surface area (Å²) in [7, 11) is -0.372. The van der Waals surface area contributed by atoms with Crippen molar-refractivity contribution in [1.82, 2.24) is 0 Å². The summed E-state index contributed by atoms with van der Waals surface area (Å²) in [5.41, 5.74) is 0. The second-order valence-corrected chi connectivity index (χ2v) is 6.37. The third kappa shape index (κ3) is 2.56. The quantitative estimate of drug-likeness (QED) is 0.447. The predicted molar refractivity (Wildman–Crippen MR) is 45.9 cm³/mol. The molecule has 0 spiro atoms. The molecule has 0 N–H and O–H groups in total. The van der Waals surface area contributed by atoms with Crippen molar-refractivity contribution in [1.29, 1.82) is 0 Å². The molecule has 0 radical (unpaired) electrons. The zero-order valence-corrected chi connectivity index (χ0v) is 7.91. The molecule has 0 aromatic rings. The lowest BCUT2D eigenvalue weighted by molar-refractivity contribution is 1.45. The van der Waals surface area contributed by atoms with Crippen molar-refractivity contribution < 1.29 is 0 Å². The van der Waals surface area contributed by atoms with Crippen LogP contribution >= 0.6 is 23.2 Å². The molecule has 0 amide bonds. The summed E-state index contributed by atoms with van der Waals surface area (Å²) in [5, 5.41) is 1.39. The largest absolute Gasteiger partial charge is 0.110 e. The van der Waals surface area contributed by atoms with Gasteiger partial charge in [-0.1, -0.05) is 23.4 Å². The van der Waals surface area contributed by atoms with Gasteiger partial charge < -0.3 is 0 Å². The van der Waals surface area contributed by atoms with Crippen molar-refractivity contribution in [3.05, 3.63) is 23.4 Å². The maximum absolute atomic E-state index is 5.61. The van der Waals surface area contributed by atoms with Crippen LogP contribution in [0, 0.1) is 0 Å². The number of alkyl halides is 2. The Balaban J connectivity index is 2.35. The lowest BCUT2D eigenvalue weighted by atomic mass is 10.5. The molecule has 1 aliphatic rings. The average molecular weight is 179 g/mol. The van der Waals surface area contributed by atoms with E-state index in [-0.39, 0.29) is 14.0 Å². The van der Waals surface area contributed by atoms with Gasteiger partial charge in [0.1, 0.15) is 0 Å². The molecule has 0 aliphatic heterocycles. The summed E-state index contributed by atoms with van der Waals surface area (Å²) in [4.78, 5) is 0. The molecule has 50 valence electrons. The van der Waals surface area contributed by atoms with Crippen LogP contribution in [0.4, 0.5) is 0 Å². The summed E-state index contributed by atoms with van der Waals surface area (Å²) in [6, 6.07) is 0. The molecule has 0 unspecified atom stereocenters. The summed E-state index contributed by atoms with van der Waals surface area (Å²) in [6.45, 7) is 0. The first-order chi connectivity index (χ1) is 4.29. The zero-order chi connectivity index (χ0) is 6.69. The Kier molecular flexibility index (Phi) is 2.83. The van der Waals surface area contributed by atoms with E-state index in [1.807, 2.05) is 0 Å². The number of hydrogen-bond donors (Lipinski definition) is 0. The van der Waals surface area contributed by atoms with Gasteiger partial charge in [0.15, 0.2) is 0 Å². The van der Waals surface area contributed by atoms with E-state index in [2.05, 4.69) is 18.2 Å². The van der Waals surface area contributed by atoms with Crippen LogP contribution in [0.3, 0.4) is 0 Å². The monoisotopic (exact) mass is 178 g/mol. The Labute approximate surface area is 67.4 Å². The van der Waals surface area contributed by atoms with Crippen LogP contribution in [0.2, 0.25) is 0 Å². The first kappa shape index (κ1) is 7.38. The van der Waals surface area contributed by atoms with Gasteiger partial charge in [0.25, 0.3) is 0 Å². The van der Waals surface area contributed by atoms with E-state index in [4.69, 9.17) is 23.2 Å². The van der Waals surface area contributed by atoms with Crippen molar-refractivity contribution >= 4 is 32.7 Å². The number of halogens is 2. The van der Waals surface area contributed by atoms with Crippen molar-refractivity contribution in [3.8, 4) is 0 Å². The van der Waals surface area contributed by atoms with Crippen molar-refractivity contribution in [2.75, 3.05) is 0 Å². The molecule has 3 heteroatoms. The Morgan fingerprint density at radius 1 is 1.56 bits per heavy atom. The van der Waals surface area contributed by atoms with Crippen LogP contribution in [0.15, 0.2) is 23.4 Å². The van der Waals surface area contributed by atoms with Gasteiger partial charge in [-0.05, 0) is 6.42 Å². The molecule has 0 nitrogen and oxygen atoms in total. The van der Waals surface area contributed by atoms with E-state index in [0.717, 1.165) is 6.42 Å². The van der Waals surface area contributed by atoms with E-state index in [0.29, 0.717) is 0 Å². The minimum absolute atomic E-state index is 0.112. The summed E-state index contributed by atoms with van der Waals surface area (Å²) < 4.78 is -0.112. The molecule has 0 saturated heterocycles. The van der Waals surface area contributed by atoms with E-state index in [1.54, 1.807) is 0 Å². The summed E-state index contributed by atoms with van der Waals surface area (Å²) in [6.07, 6.45) is 7.54. The normalized spacial score (nSPS) is 18.3. The number of hydrogen-bond acceptors (Lipinski definition) is 0. The molecule has 9 heavy (non-hydrogen) atoms. The number of rotatable bonds is 2. The fraction of sp³-hybridized carbons (Fsp3) is 0.333. The Morgan fingerprint density at radius 3 is 2.78 bits per heavy atom. The van der Waals surface area contributed by atoms with Gasteiger partial charge in [0.2, 0.25) is 0 Å². The molecule has 1 aliphatic carbocycles. The van der Waals surface area contributed by atoms with Crippen molar-refractivity contribution in [3.63, 3.8) is 0 Å². The molecular formula is C6H8Cl2Si. The van der Waals surface area contributed by atoms with Crippen LogP contribution in [0.1, 0.15) is 6.42 Å². The first-order valence-corrected chi connectivity index (χ1v) is 5.32. The van der Waals surface area contributed by atoms with Gasteiger partial charge in [-0.3, -0.25) is 0 Å². The van der Waals surface area contributed by atoms with Gasteiger partial charge in [0, 0.05) is 0 Å². The lowest BCUT2D eigenvalue weighted by Crippen LogP contribution is -2.02. The molecule has 0 aromatic carbocycles. The molecular weight excluding hydrogens is 171 g/mol. The second kappa shape index (κ2) is 3.45. The minimum atomic E-state index is -0.372. The van der Waals surface area contributed by atoms with E-state index in [9.17, 15) is 0 Å². The van der Waals surface area contributed by atoms with Crippen molar-refractivity contribution in [2.24, 2.45) is 0 Å². The molecule has 0 atom stereocenters. The fourth-order valence-electron chi connectivity index (χ4n) is 0.836. The Hall–Kier alpha value is 0.277. The van der Waals surface area contributed by atoms with Crippen LogP contribution in [0.25, 0.3) is 0 Å². The van der Waals surface area contributed by atoms with E-state index in [1.165, 1.54) is 5.20 Å².